The smallest absolute Gasteiger partial charge is 0.123 e. The van der Waals surface area contributed by atoms with Crippen molar-refractivity contribution in [1.82, 2.24) is 5.32 Å². The third kappa shape index (κ3) is 2.99. The zero-order valence-corrected chi connectivity index (χ0v) is 12.2. The number of halogens is 1. The number of nitrogens with zero attached hydrogens (tertiary/aromatic N) is 1. The molecule has 0 saturated carbocycles. The Hall–Kier alpha value is -1.87. The molecule has 20 heavy (non-hydrogen) atoms. The van der Waals surface area contributed by atoms with Gasteiger partial charge in [0.1, 0.15) is 5.82 Å². The number of benzene rings is 2. The fourth-order valence-corrected chi connectivity index (χ4v) is 2.47. The van der Waals surface area contributed by atoms with Crippen LogP contribution in [0.2, 0.25) is 0 Å². The van der Waals surface area contributed by atoms with Gasteiger partial charge in [-0.05, 0) is 49.4 Å². The van der Waals surface area contributed by atoms with Gasteiger partial charge >= 0.3 is 0 Å². The van der Waals surface area contributed by atoms with E-state index in [9.17, 15) is 4.39 Å². The first-order chi connectivity index (χ1) is 9.67. The first-order valence-electron chi connectivity index (χ1n) is 6.92. The third-order valence-corrected chi connectivity index (χ3v) is 3.64. The van der Waals surface area contributed by atoms with E-state index in [0.29, 0.717) is 6.04 Å². The van der Waals surface area contributed by atoms with Crippen molar-refractivity contribution in [3.63, 3.8) is 0 Å². The summed E-state index contributed by atoms with van der Waals surface area (Å²) in [5.41, 5.74) is 3.37. The molecule has 0 aliphatic heterocycles. The highest BCUT2D eigenvalue weighted by Gasteiger charge is 2.14. The molecular weight excluding hydrogens is 251 g/mol. The summed E-state index contributed by atoms with van der Waals surface area (Å²) in [6, 6.07) is 15.2. The van der Waals surface area contributed by atoms with Crippen LogP contribution in [0.25, 0.3) is 0 Å². The standard InChI is InChI=1S/C17H21FN2/c1-4-16(19-2)15-7-5-6-8-17(15)20(3)14-11-9-13(18)10-12-14/h5-12,16,19H,4H2,1-3H3. The summed E-state index contributed by atoms with van der Waals surface area (Å²) in [5, 5.41) is 3.34. The fraction of sp³-hybridized carbons (Fsp3) is 0.294. The Morgan fingerprint density at radius 1 is 1.10 bits per heavy atom. The maximum atomic E-state index is 13.0. The second-order valence-electron chi connectivity index (χ2n) is 4.84. The number of nitrogens with one attached hydrogen (secondary N) is 1. The summed E-state index contributed by atoms with van der Waals surface area (Å²) >= 11 is 0. The number of anilines is 2. The lowest BCUT2D eigenvalue weighted by molar-refractivity contribution is 0.577. The minimum absolute atomic E-state index is 0.211. The van der Waals surface area contributed by atoms with Crippen molar-refractivity contribution in [3.05, 3.63) is 59.9 Å². The lowest BCUT2D eigenvalue weighted by Crippen LogP contribution is -2.19. The summed E-state index contributed by atoms with van der Waals surface area (Å²) < 4.78 is 13.0. The van der Waals surface area contributed by atoms with E-state index in [0.717, 1.165) is 17.8 Å². The van der Waals surface area contributed by atoms with E-state index < -0.39 is 0 Å². The van der Waals surface area contributed by atoms with Crippen LogP contribution in [0.3, 0.4) is 0 Å². The molecule has 106 valence electrons. The van der Waals surface area contributed by atoms with Gasteiger partial charge in [0.2, 0.25) is 0 Å². The zero-order valence-electron chi connectivity index (χ0n) is 12.2. The van der Waals surface area contributed by atoms with E-state index in [4.69, 9.17) is 0 Å². The Morgan fingerprint density at radius 2 is 1.75 bits per heavy atom. The monoisotopic (exact) mass is 272 g/mol. The molecule has 0 aliphatic rings. The first-order valence-corrected chi connectivity index (χ1v) is 6.92. The van der Waals surface area contributed by atoms with Crippen LogP contribution in [0, 0.1) is 5.82 Å². The van der Waals surface area contributed by atoms with Crippen LogP contribution in [-0.2, 0) is 0 Å². The van der Waals surface area contributed by atoms with Gasteiger partial charge < -0.3 is 10.2 Å². The van der Waals surface area contributed by atoms with Crippen LogP contribution in [0.1, 0.15) is 24.9 Å². The van der Waals surface area contributed by atoms with Crippen molar-refractivity contribution in [2.24, 2.45) is 0 Å². The Labute approximate surface area is 120 Å². The van der Waals surface area contributed by atoms with Crippen molar-refractivity contribution in [2.75, 3.05) is 19.0 Å². The molecule has 2 rings (SSSR count). The summed E-state index contributed by atoms with van der Waals surface area (Å²) in [7, 11) is 3.98. The normalized spacial score (nSPS) is 12.2. The predicted octanol–water partition coefficient (Wildman–Crippen LogP) is 4.26. The molecule has 0 heterocycles. The van der Waals surface area contributed by atoms with E-state index in [1.54, 1.807) is 12.1 Å². The SMILES string of the molecule is CCC(NC)c1ccccc1N(C)c1ccc(F)cc1. The van der Waals surface area contributed by atoms with Crippen LogP contribution in [0.5, 0.6) is 0 Å². The molecular formula is C17H21FN2. The highest BCUT2D eigenvalue weighted by molar-refractivity contribution is 5.66. The number of hydrogen-bond donors (Lipinski definition) is 1. The molecule has 0 radical (unpaired) electrons. The van der Waals surface area contributed by atoms with Gasteiger partial charge in [0, 0.05) is 24.5 Å². The van der Waals surface area contributed by atoms with Crippen molar-refractivity contribution < 1.29 is 4.39 Å². The lowest BCUT2D eigenvalue weighted by Gasteiger charge is -2.26. The van der Waals surface area contributed by atoms with Gasteiger partial charge in [0.05, 0.1) is 0 Å². The highest BCUT2D eigenvalue weighted by Crippen LogP contribution is 2.31. The topological polar surface area (TPSA) is 15.3 Å². The molecule has 2 nitrogen and oxygen atoms in total. The Bertz CT molecular complexity index is 547. The Kier molecular flexibility index (Phi) is 4.74. The fourth-order valence-electron chi connectivity index (χ4n) is 2.47. The molecule has 0 spiro atoms. The highest BCUT2D eigenvalue weighted by atomic mass is 19.1. The van der Waals surface area contributed by atoms with Gasteiger partial charge in [-0.15, -0.1) is 0 Å². The van der Waals surface area contributed by atoms with Crippen LogP contribution < -0.4 is 10.2 Å². The number of rotatable bonds is 5. The second kappa shape index (κ2) is 6.53. The Balaban J connectivity index is 2.39. The predicted molar refractivity (Wildman–Crippen MR) is 83.0 cm³/mol. The zero-order chi connectivity index (χ0) is 14.5. The van der Waals surface area contributed by atoms with Gasteiger partial charge in [0.25, 0.3) is 0 Å². The lowest BCUT2D eigenvalue weighted by atomic mass is 10.0. The van der Waals surface area contributed by atoms with Gasteiger partial charge in [-0.25, -0.2) is 4.39 Å². The van der Waals surface area contributed by atoms with Crippen molar-refractivity contribution >= 4 is 11.4 Å². The molecule has 0 bridgehead atoms. The average Bonchev–Trinajstić information content (AvgIpc) is 2.49. The number of para-hydroxylation sites is 1. The molecule has 0 amide bonds. The van der Waals surface area contributed by atoms with Gasteiger partial charge in [-0.2, -0.15) is 0 Å². The second-order valence-corrected chi connectivity index (χ2v) is 4.84. The van der Waals surface area contributed by atoms with Crippen LogP contribution >= 0.6 is 0 Å². The first kappa shape index (κ1) is 14.5. The van der Waals surface area contributed by atoms with Crippen molar-refractivity contribution in [2.45, 2.75) is 19.4 Å². The molecule has 0 aliphatic carbocycles. The molecule has 1 unspecified atom stereocenters. The van der Waals surface area contributed by atoms with Crippen LogP contribution in [0.15, 0.2) is 48.5 Å². The van der Waals surface area contributed by atoms with Gasteiger partial charge in [-0.1, -0.05) is 25.1 Å². The summed E-state index contributed by atoms with van der Waals surface area (Å²) in [6.45, 7) is 2.16. The minimum Gasteiger partial charge on any atom is -0.344 e. The third-order valence-electron chi connectivity index (χ3n) is 3.64. The van der Waals surface area contributed by atoms with E-state index >= 15 is 0 Å². The van der Waals surface area contributed by atoms with E-state index in [-0.39, 0.29) is 5.82 Å². The summed E-state index contributed by atoms with van der Waals surface area (Å²) in [5.74, 6) is -0.211. The van der Waals surface area contributed by atoms with E-state index in [1.165, 1.54) is 17.7 Å². The number of hydrogen-bond acceptors (Lipinski definition) is 2. The Morgan fingerprint density at radius 3 is 2.35 bits per heavy atom. The molecule has 0 aromatic heterocycles. The quantitative estimate of drug-likeness (QED) is 0.874. The van der Waals surface area contributed by atoms with Gasteiger partial charge in [-0.3, -0.25) is 0 Å². The molecule has 1 atom stereocenters. The maximum Gasteiger partial charge on any atom is 0.123 e. The molecule has 3 heteroatoms. The minimum atomic E-state index is -0.211. The van der Waals surface area contributed by atoms with Crippen molar-refractivity contribution in [3.8, 4) is 0 Å². The van der Waals surface area contributed by atoms with Crippen LogP contribution in [0.4, 0.5) is 15.8 Å². The summed E-state index contributed by atoms with van der Waals surface area (Å²) in [4.78, 5) is 2.09. The molecule has 0 fully saturated rings. The molecule has 1 N–H and O–H groups in total. The van der Waals surface area contributed by atoms with E-state index in [1.807, 2.05) is 20.2 Å². The maximum absolute atomic E-state index is 13.0. The average molecular weight is 272 g/mol. The van der Waals surface area contributed by atoms with Gasteiger partial charge in [0.15, 0.2) is 0 Å². The molecule has 0 saturated heterocycles. The molecule has 2 aromatic carbocycles. The van der Waals surface area contributed by atoms with Crippen molar-refractivity contribution in [1.29, 1.82) is 0 Å². The molecule has 2 aromatic rings. The van der Waals surface area contributed by atoms with E-state index in [2.05, 4.69) is 35.3 Å². The van der Waals surface area contributed by atoms with Crippen LogP contribution in [-0.4, -0.2) is 14.1 Å². The largest absolute Gasteiger partial charge is 0.344 e. The summed E-state index contributed by atoms with van der Waals surface area (Å²) in [6.07, 6.45) is 1.02.